The Kier molecular flexibility index (Phi) is 7.03. The predicted octanol–water partition coefficient (Wildman–Crippen LogP) is 6.00. The highest BCUT2D eigenvalue weighted by atomic mass is 35.5. The van der Waals surface area contributed by atoms with Crippen molar-refractivity contribution in [1.82, 2.24) is 19.4 Å². The summed E-state index contributed by atoms with van der Waals surface area (Å²) < 4.78 is 25.3. The molecule has 214 valence electrons. The number of hydrogen-bond acceptors (Lipinski definition) is 8. The van der Waals surface area contributed by atoms with Crippen LogP contribution < -0.4 is 14.2 Å². The number of pyridine rings is 1. The van der Waals surface area contributed by atoms with Gasteiger partial charge in [0.15, 0.2) is 11.5 Å². The Bertz CT molecular complexity index is 1610. The SMILES string of the molecule is COC(=O)c1cc(OC)c2nc([C@@H](C)N3CCC(c4cccc5c4O[C@@](C)(c4ccc(Cl)cn4)O5)CC3)n(C)c2c1. The highest BCUT2D eigenvalue weighted by molar-refractivity contribution is 6.30. The summed E-state index contributed by atoms with van der Waals surface area (Å²) in [7, 11) is 4.94. The molecule has 6 rings (SSSR count). The fourth-order valence-corrected chi connectivity index (χ4v) is 6.13. The van der Waals surface area contributed by atoms with Crippen LogP contribution in [0.4, 0.5) is 0 Å². The lowest BCUT2D eigenvalue weighted by Gasteiger charge is -2.36. The van der Waals surface area contributed by atoms with Crippen molar-refractivity contribution in [2.75, 3.05) is 27.3 Å². The summed E-state index contributed by atoms with van der Waals surface area (Å²) in [6.07, 6.45) is 3.55. The minimum absolute atomic E-state index is 0.0694. The number of likely N-dealkylation sites (tertiary alicyclic amines) is 1. The lowest BCUT2D eigenvalue weighted by Crippen LogP contribution is -2.36. The lowest BCUT2D eigenvalue weighted by atomic mass is 9.88. The molecule has 0 bridgehead atoms. The number of rotatable bonds is 6. The smallest absolute Gasteiger partial charge is 0.338 e. The maximum absolute atomic E-state index is 12.2. The zero-order valence-electron chi connectivity index (χ0n) is 23.8. The number of esters is 1. The van der Waals surface area contributed by atoms with Crippen molar-refractivity contribution >= 4 is 28.6 Å². The molecule has 4 aromatic rings. The van der Waals surface area contributed by atoms with E-state index in [2.05, 4.69) is 22.9 Å². The van der Waals surface area contributed by atoms with Crippen LogP contribution in [0.1, 0.15) is 66.1 Å². The molecule has 0 aliphatic carbocycles. The van der Waals surface area contributed by atoms with Gasteiger partial charge in [-0.2, -0.15) is 0 Å². The van der Waals surface area contributed by atoms with Crippen LogP contribution in [-0.2, 0) is 17.6 Å². The van der Waals surface area contributed by atoms with E-state index in [-0.39, 0.29) is 6.04 Å². The molecule has 0 N–H and O–H groups in total. The molecule has 0 saturated carbocycles. The zero-order valence-corrected chi connectivity index (χ0v) is 24.6. The molecule has 1 saturated heterocycles. The fourth-order valence-electron chi connectivity index (χ4n) is 6.02. The summed E-state index contributed by atoms with van der Waals surface area (Å²) in [5.74, 6) is 1.92. The Morgan fingerprint density at radius 1 is 1.15 bits per heavy atom. The van der Waals surface area contributed by atoms with Crippen molar-refractivity contribution in [3.63, 3.8) is 0 Å². The Balaban J connectivity index is 1.20. The standard InChI is InChI=1S/C31H33ClN4O5/c1-18(29-34-27-23(35(29)3)15-20(30(37)39-5)16-25(27)38-4)36-13-11-19(12-14-36)22-7-6-8-24-28(22)41-31(2,40-24)26-10-9-21(32)17-33-26/h6-10,15-19H,11-14H2,1-5H3/t18-,31+/m1/s1. The van der Waals surface area contributed by atoms with Crippen LogP contribution in [0.25, 0.3) is 11.0 Å². The Hall–Kier alpha value is -3.82. The van der Waals surface area contributed by atoms with E-state index in [0.29, 0.717) is 27.9 Å². The maximum atomic E-state index is 12.2. The van der Waals surface area contributed by atoms with Gasteiger partial charge in [-0.25, -0.2) is 9.78 Å². The summed E-state index contributed by atoms with van der Waals surface area (Å²) in [5, 5.41) is 0.568. The third-order valence-electron chi connectivity index (χ3n) is 8.32. The molecule has 2 aromatic heterocycles. The maximum Gasteiger partial charge on any atom is 0.338 e. The van der Waals surface area contributed by atoms with Gasteiger partial charge in [-0.05, 0) is 69.1 Å². The number of piperidine rings is 1. The number of imidazole rings is 1. The normalized spacial score (nSPS) is 19.9. The summed E-state index contributed by atoms with van der Waals surface area (Å²) in [6.45, 7) is 5.87. The number of para-hydroxylation sites is 1. The van der Waals surface area contributed by atoms with Crippen LogP contribution in [0.2, 0.25) is 5.02 Å². The minimum atomic E-state index is -1.01. The van der Waals surface area contributed by atoms with Gasteiger partial charge >= 0.3 is 5.97 Å². The molecule has 1 fully saturated rings. The van der Waals surface area contributed by atoms with Crippen LogP contribution in [0.5, 0.6) is 17.2 Å². The first-order chi connectivity index (χ1) is 19.7. The van der Waals surface area contributed by atoms with Crippen LogP contribution in [0, 0.1) is 0 Å². The van der Waals surface area contributed by atoms with Crippen LogP contribution in [0.15, 0.2) is 48.7 Å². The largest absolute Gasteiger partial charge is 0.494 e. The average Bonchev–Trinajstić information content (AvgIpc) is 3.53. The number of fused-ring (bicyclic) bond motifs is 2. The number of ether oxygens (including phenoxy) is 4. The quantitative estimate of drug-likeness (QED) is 0.258. The molecule has 41 heavy (non-hydrogen) atoms. The van der Waals surface area contributed by atoms with Gasteiger partial charge in [-0.1, -0.05) is 23.7 Å². The number of carbonyl (C=O) groups is 1. The Morgan fingerprint density at radius 2 is 1.93 bits per heavy atom. The number of aromatic nitrogens is 3. The number of halogens is 1. The second kappa shape index (κ2) is 10.5. The van der Waals surface area contributed by atoms with Gasteiger partial charge in [-0.15, -0.1) is 0 Å². The third kappa shape index (κ3) is 4.77. The number of aryl methyl sites for hydroxylation is 1. The molecule has 0 spiro atoms. The number of carbonyl (C=O) groups excluding carboxylic acids is 1. The second-order valence-corrected chi connectivity index (χ2v) is 11.2. The van der Waals surface area contributed by atoms with E-state index in [4.69, 9.17) is 35.5 Å². The number of methoxy groups -OCH3 is 2. The molecular formula is C31H33ClN4O5. The monoisotopic (exact) mass is 576 g/mol. The minimum Gasteiger partial charge on any atom is -0.494 e. The number of benzene rings is 2. The fraction of sp³-hybridized carbons (Fsp3) is 0.387. The topological polar surface area (TPSA) is 87.9 Å². The first kappa shape index (κ1) is 27.4. The van der Waals surface area contributed by atoms with Crippen molar-refractivity contribution < 1.29 is 23.7 Å². The van der Waals surface area contributed by atoms with Crippen LogP contribution in [0.3, 0.4) is 0 Å². The molecule has 9 nitrogen and oxygen atoms in total. The predicted molar refractivity (Wildman–Crippen MR) is 155 cm³/mol. The van der Waals surface area contributed by atoms with Gasteiger partial charge in [0.1, 0.15) is 22.8 Å². The van der Waals surface area contributed by atoms with Gasteiger partial charge in [0.2, 0.25) is 0 Å². The molecule has 2 aliphatic rings. The lowest BCUT2D eigenvalue weighted by molar-refractivity contribution is -0.0722. The van der Waals surface area contributed by atoms with Gasteiger partial charge < -0.3 is 23.5 Å². The van der Waals surface area contributed by atoms with Crippen LogP contribution in [-0.4, -0.2) is 52.7 Å². The van der Waals surface area contributed by atoms with E-state index in [1.165, 1.54) is 7.11 Å². The van der Waals surface area contributed by atoms with E-state index in [0.717, 1.165) is 59.9 Å². The van der Waals surface area contributed by atoms with Crippen LogP contribution >= 0.6 is 11.6 Å². The molecule has 0 unspecified atom stereocenters. The zero-order chi connectivity index (χ0) is 28.9. The van der Waals surface area contributed by atoms with Crippen molar-refractivity contribution in [2.45, 2.75) is 44.4 Å². The molecule has 2 aliphatic heterocycles. The summed E-state index contributed by atoms with van der Waals surface area (Å²) in [6, 6.07) is 13.3. The average molecular weight is 577 g/mol. The summed E-state index contributed by atoms with van der Waals surface area (Å²) in [4.78, 5) is 24.1. The molecule has 2 aromatic carbocycles. The first-order valence-corrected chi connectivity index (χ1v) is 14.1. The molecule has 2 atom stereocenters. The van der Waals surface area contributed by atoms with E-state index >= 15 is 0 Å². The first-order valence-electron chi connectivity index (χ1n) is 13.7. The molecule has 10 heteroatoms. The van der Waals surface area contributed by atoms with Gasteiger partial charge in [0.25, 0.3) is 5.79 Å². The summed E-state index contributed by atoms with van der Waals surface area (Å²) in [5.41, 5.74) is 3.83. The third-order valence-corrected chi connectivity index (χ3v) is 8.55. The van der Waals surface area contributed by atoms with Gasteiger partial charge in [0, 0.05) is 25.7 Å². The highest BCUT2D eigenvalue weighted by Crippen LogP contribution is 2.49. The highest BCUT2D eigenvalue weighted by Gasteiger charge is 2.42. The Morgan fingerprint density at radius 3 is 2.61 bits per heavy atom. The van der Waals surface area contributed by atoms with E-state index in [1.54, 1.807) is 25.4 Å². The van der Waals surface area contributed by atoms with Crippen molar-refractivity contribution in [3.8, 4) is 17.2 Å². The van der Waals surface area contributed by atoms with Crippen molar-refractivity contribution in [1.29, 1.82) is 0 Å². The van der Waals surface area contributed by atoms with E-state index < -0.39 is 11.8 Å². The molecular weight excluding hydrogens is 544 g/mol. The number of nitrogens with zero attached hydrogens (tertiary/aromatic N) is 4. The van der Waals surface area contributed by atoms with E-state index in [9.17, 15) is 4.79 Å². The van der Waals surface area contributed by atoms with Gasteiger partial charge in [0.05, 0.1) is 36.4 Å². The Labute approximate surface area is 243 Å². The molecule has 0 amide bonds. The second-order valence-electron chi connectivity index (χ2n) is 10.7. The van der Waals surface area contributed by atoms with Gasteiger partial charge in [-0.3, -0.25) is 9.88 Å². The number of hydrogen-bond donors (Lipinski definition) is 0. The molecule has 4 heterocycles. The summed E-state index contributed by atoms with van der Waals surface area (Å²) >= 11 is 6.04. The van der Waals surface area contributed by atoms with Crippen molar-refractivity contribution in [3.05, 3.63) is 76.3 Å². The van der Waals surface area contributed by atoms with Crippen molar-refractivity contribution in [2.24, 2.45) is 7.05 Å². The molecule has 0 radical (unpaired) electrons. The van der Waals surface area contributed by atoms with E-state index in [1.807, 2.05) is 42.8 Å².